The molecule has 0 aromatic heterocycles. The summed E-state index contributed by atoms with van der Waals surface area (Å²) in [5.41, 5.74) is 0. The second-order valence-corrected chi connectivity index (χ2v) is 7.16. The lowest BCUT2D eigenvalue weighted by Crippen LogP contribution is -2.44. The van der Waals surface area contributed by atoms with Crippen LogP contribution in [0.4, 0.5) is 0 Å². The summed E-state index contributed by atoms with van der Waals surface area (Å²) < 4.78 is 5.32. The Balaban J connectivity index is 1.78. The predicted octanol–water partition coefficient (Wildman–Crippen LogP) is 3.29. The minimum atomic E-state index is 0.768. The summed E-state index contributed by atoms with van der Waals surface area (Å²) in [6.07, 6.45) is 11.0. The first-order valence-corrected chi connectivity index (χ1v) is 9.28. The van der Waals surface area contributed by atoms with Crippen LogP contribution in [-0.4, -0.2) is 50.8 Å². The van der Waals surface area contributed by atoms with Crippen LogP contribution < -0.4 is 5.32 Å². The zero-order valence-corrected chi connectivity index (χ0v) is 14.3. The molecule has 1 aliphatic carbocycles. The molecule has 3 nitrogen and oxygen atoms in total. The number of hydrogen-bond donors (Lipinski definition) is 1. The Morgan fingerprint density at radius 3 is 2.52 bits per heavy atom. The fraction of sp³-hybridized carbons (Fsp3) is 1.00. The van der Waals surface area contributed by atoms with E-state index >= 15 is 0 Å². The monoisotopic (exact) mass is 296 g/mol. The van der Waals surface area contributed by atoms with Gasteiger partial charge < -0.3 is 15.0 Å². The highest BCUT2D eigenvalue weighted by Crippen LogP contribution is 2.26. The standard InChI is InChI=1S/C18H36N2O/c1-3-11-19-18-8-6-4-5-7-17(18)14-20-12-9-16(10-13-20)15-21-2/h16-19H,3-15H2,1-2H3. The molecule has 1 aliphatic heterocycles. The summed E-state index contributed by atoms with van der Waals surface area (Å²) in [4.78, 5) is 2.72. The van der Waals surface area contributed by atoms with Crippen molar-refractivity contribution in [3.63, 3.8) is 0 Å². The van der Waals surface area contributed by atoms with E-state index in [0.29, 0.717) is 0 Å². The molecule has 2 atom stereocenters. The van der Waals surface area contributed by atoms with Crippen molar-refractivity contribution in [2.75, 3.05) is 39.9 Å². The SMILES string of the molecule is CCCNC1CCCCCC1CN1CCC(COC)CC1. The molecule has 1 saturated carbocycles. The molecule has 2 aliphatic rings. The van der Waals surface area contributed by atoms with Gasteiger partial charge in [0.25, 0.3) is 0 Å². The first-order chi connectivity index (χ1) is 10.3. The Morgan fingerprint density at radius 2 is 1.81 bits per heavy atom. The maximum absolute atomic E-state index is 5.32. The topological polar surface area (TPSA) is 24.5 Å². The molecule has 0 amide bonds. The van der Waals surface area contributed by atoms with E-state index in [1.54, 1.807) is 0 Å². The quantitative estimate of drug-likeness (QED) is 0.730. The second kappa shape index (κ2) is 9.81. The molecule has 3 heteroatoms. The van der Waals surface area contributed by atoms with Crippen LogP contribution in [-0.2, 0) is 4.74 Å². The third kappa shape index (κ3) is 5.88. The maximum Gasteiger partial charge on any atom is 0.0491 e. The fourth-order valence-electron chi connectivity index (χ4n) is 4.10. The van der Waals surface area contributed by atoms with Gasteiger partial charge in [0.05, 0.1) is 0 Å². The Hall–Kier alpha value is -0.120. The maximum atomic E-state index is 5.32. The molecule has 0 bridgehead atoms. The van der Waals surface area contributed by atoms with E-state index < -0.39 is 0 Å². The number of hydrogen-bond acceptors (Lipinski definition) is 3. The van der Waals surface area contributed by atoms with Gasteiger partial charge in [-0.05, 0) is 63.6 Å². The van der Waals surface area contributed by atoms with E-state index in [4.69, 9.17) is 4.74 Å². The van der Waals surface area contributed by atoms with Crippen molar-refractivity contribution in [2.24, 2.45) is 11.8 Å². The van der Waals surface area contributed by atoms with E-state index in [1.807, 2.05) is 7.11 Å². The van der Waals surface area contributed by atoms with Gasteiger partial charge in [-0.25, -0.2) is 0 Å². The molecule has 2 fully saturated rings. The fourth-order valence-corrected chi connectivity index (χ4v) is 4.10. The van der Waals surface area contributed by atoms with Crippen molar-refractivity contribution in [2.45, 2.75) is 64.3 Å². The van der Waals surface area contributed by atoms with Crippen molar-refractivity contribution >= 4 is 0 Å². The van der Waals surface area contributed by atoms with Crippen LogP contribution in [0.5, 0.6) is 0 Å². The summed E-state index contributed by atoms with van der Waals surface area (Å²) in [7, 11) is 1.84. The number of ether oxygens (including phenoxy) is 1. The first-order valence-electron chi connectivity index (χ1n) is 9.28. The largest absolute Gasteiger partial charge is 0.384 e. The van der Waals surface area contributed by atoms with Gasteiger partial charge in [0.15, 0.2) is 0 Å². The Bertz CT molecular complexity index is 264. The summed E-state index contributed by atoms with van der Waals surface area (Å²) in [6.45, 7) is 8.31. The summed E-state index contributed by atoms with van der Waals surface area (Å²) in [6, 6.07) is 0.768. The third-order valence-electron chi connectivity index (χ3n) is 5.42. The van der Waals surface area contributed by atoms with Crippen LogP contribution in [0.2, 0.25) is 0 Å². The molecule has 124 valence electrons. The zero-order chi connectivity index (χ0) is 14.9. The van der Waals surface area contributed by atoms with Crippen molar-refractivity contribution < 1.29 is 4.74 Å². The molecule has 2 unspecified atom stereocenters. The average molecular weight is 296 g/mol. The van der Waals surface area contributed by atoms with Gasteiger partial charge in [0.1, 0.15) is 0 Å². The molecule has 0 aromatic rings. The molecule has 21 heavy (non-hydrogen) atoms. The van der Waals surface area contributed by atoms with Crippen LogP contribution >= 0.6 is 0 Å². The number of nitrogens with zero attached hydrogens (tertiary/aromatic N) is 1. The Kier molecular flexibility index (Phi) is 8.05. The lowest BCUT2D eigenvalue weighted by atomic mass is 9.91. The van der Waals surface area contributed by atoms with Gasteiger partial charge in [-0.2, -0.15) is 0 Å². The van der Waals surface area contributed by atoms with E-state index in [9.17, 15) is 0 Å². The number of methoxy groups -OCH3 is 1. The van der Waals surface area contributed by atoms with Crippen molar-refractivity contribution in [1.82, 2.24) is 10.2 Å². The summed E-state index contributed by atoms with van der Waals surface area (Å²) in [5.74, 6) is 1.67. The second-order valence-electron chi connectivity index (χ2n) is 7.16. The van der Waals surface area contributed by atoms with E-state index in [2.05, 4.69) is 17.1 Å². The van der Waals surface area contributed by atoms with Crippen molar-refractivity contribution in [3.8, 4) is 0 Å². The van der Waals surface area contributed by atoms with Gasteiger partial charge in [0, 0.05) is 26.3 Å². The number of rotatable bonds is 7. The normalized spacial score (nSPS) is 29.4. The molecular weight excluding hydrogens is 260 g/mol. The van der Waals surface area contributed by atoms with Crippen molar-refractivity contribution in [3.05, 3.63) is 0 Å². The smallest absolute Gasteiger partial charge is 0.0491 e. The minimum absolute atomic E-state index is 0.768. The van der Waals surface area contributed by atoms with Gasteiger partial charge >= 0.3 is 0 Å². The van der Waals surface area contributed by atoms with Crippen LogP contribution in [0.25, 0.3) is 0 Å². The number of likely N-dealkylation sites (tertiary alicyclic amines) is 1. The van der Waals surface area contributed by atoms with Gasteiger partial charge in [-0.15, -0.1) is 0 Å². The molecule has 1 saturated heterocycles. The zero-order valence-electron chi connectivity index (χ0n) is 14.3. The number of nitrogens with one attached hydrogen (secondary N) is 1. The lowest BCUT2D eigenvalue weighted by Gasteiger charge is -2.36. The minimum Gasteiger partial charge on any atom is -0.384 e. The molecular formula is C18H36N2O. The average Bonchev–Trinajstić information content (AvgIpc) is 2.73. The molecule has 2 rings (SSSR count). The van der Waals surface area contributed by atoms with Crippen LogP contribution in [0.1, 0.15) is 58.3 Å². The molecule has 0 spiro atoms. The van der Waals surface area contributed by atoms with Crippen LogP contribution in [0.15, 0.2) is 0 Å². The highest BCUT2D eigenvalue weighted by Gasteiger charge is 2.27. The molecule has 1 heterocycles. The van der Waals surface area contributed by atoms with Crippen LogP contribution in [0.3, 0.4) is 0 Å². The summed E-state index contributed by atoms with van der Waals surface area (Å²) >= 11 is 0. The van der Waals surface area contributed by atoms with Crippen LogP contribution in [0, 0.1) is 11.8 Å². The highest BCUT2D eigenvalue weighted by molar-refractivity contribution is 4.83. The Labute approximate surface area is 131 Å². The van der Waals surface area contributed by atoms with E-state index in [0.717, 1.165) is 24.5 Å². The first kappa shape index (κ1) is 17.2. The summed E-state index contributed by atoms with van der Waals surface area (Å²) in [5, 5.41) is 3.83. The number of piperidine rings is 1. The predicted molar refractivity (Wildman–Crippen MR) is 89.7 cm³/mol. The lowest BCUT2D eigenvalue weighted by molar-refractivity contribution is 0.0875. The molecule has 0 radical (unpaired) electrons. The van der Waals surface area contributed by atoms with Gasteiger partial charge in [-0.1, -0.05) is 26.2 Å². The van der Waals surface area contributed by atoms with Gasteiger partial charge in [-0.3, -0.25) is 0 Å². The van der Waals surface area contributed by atoms with E-state index in [1.165, 1.54) is 77.5 Å². The molecule has 1 N–H and O–H groups in total. The van der Waals surface area contributed by atoms with Gasteiger partial charge in [0.2, 0.25) is 0 Å². The highest BCUT2D eigenvalue weighted by atomic mass is 16.5. The van der Waals surface area contributed by atoms with Crippen molar-refractivity contribution in [1.29, 1.82) is 0 Å². The third-order valence-corrected chi connectivity index (χ3v) is 5.42. The Morgan fingerprint density at radius 1 is 1.05 bits per heavy atom. The van der Waals surface area contributed by atoms with E-state index in [-0.39, 0.29) is 0 Å². The molecule has 0 aromatic carbocycles.